The maximum Gasteiger partial charge on any atom is 0.263 e. The number of nitrogens with zero attached hydrogens (tertiary/aromatic N) is 2. The number of halogens is 3. The number of anilines is 2. The van der Waals surface area contributed by atoms with Crippen molar-refractivity contribution in [3.05, 3.63) is 81.3 Å². The van der Waals surface area contributed by atoms with Gasteiger partial charge >= 0.3 is 0 Å². The van der Waals surface area contributed by atoms with Crippen molar-refractivity contribution in [3.63, 3.8) is 0 Å². The van der Waals surface area contributed by atoms with Gasteiger partial charge in [0.1, 0.15) is 10.6 Å². The van der Waals surface area contributed by atoms with Crippen LogP contribution >= 0.6 is 34.8 Å². The summed E-state index contributed by atoms with van der Waals surface area (Å²) in [5.74, 6) is -0.197. The minimum Gasteiger partial charge on any atom is -0.508 e. The van der Waals surface area contributed by atoms with Crippen molar-refractivity contribution in [2.75, 3.05) is 35.8 Å². The van der Waals surface area contributed by atoms with Crippen molar-refractivity contribution in [3.8, 4) is 5.75 Å². The zero-order valence-corrected chi connectivity index (χ0v) is 20.8. The third kappa shape index (κ3) is 5.36. The molecule has 0 spiro atoms. The Morgan fingerprint density at radius 3 is 2.21 bits per heavy atom. The van der Waals surface area contributed by atoms with Gasteiger partial charge in [-0.15, -0.1) is 0 Å². The summed E-state index contributed by atoms with van der Waals surface area (Å²) in [6.07, 6.45) is 0. The lowest BCUT2D eigenvalue weighted by Crippen LogP contribution is -2.48. The first-order chi connectivity index (χ1) is 16.1. The molecule has 1 fully saturated rings. The van der Waals surface area contributed by atoms with Gasteiger partial charge in [0.05, 0.1) is 21.3 Å². The summed E-state index contributed by atoms with van der Waals surface area (Å²) in [4.78, 5) is 16.7. The largest absolute Gasteiger partial charge is 0.508 e. The molecule has 34 heavy (non-hydrogen) atoms. The van der Waals surface area contributed by atoms with Crippen LogP contribution in [-0.2, 0) is 10.0 Å². The molecule has 3 aromatic carbocycles. The summed E-state index contributed by atoms with van der Waals surface area (Å²) in [6.45, 7) is 1.98. The Kier molecular flexibility index (Phi) is 7.14. The van der Waals surface area contributed by atoms with E-state index in [4.69, 9.17) is 34.8 Å². The number of phenolic OH excluding ortho intramolecular Hbond substituents is 1. The van der Waals surface area contributed by atoms with E-state index in [0.29, 0.717) is 31.2 Å². The molecular formula is C23H20Cl3N3O4S. The summed E-state index contributed by atoms with van der Waals surface area (Å²) in [5.41, 5.74) is 1.25. The fraction of sp³-hybridized carbons (Fsp3) is 0.174. The van der Waals surface area contributed by atoms with E-state index in [2.05, 4.69) is 9.62 Å². The van der Waals surface area contributed by atoms with Gasteiger partial charge in [0, 0.05) is 36.9 Å². The molecule has 1 aliphatic rings. The van der Waals surface area contributed by atoms with E-state index in [1.54, 1.807) is 35.2 Å². The predicted octanol–water partition coefficient (Wildman–Crippen LogP) is 5.12. The highest BCUT2D eigenvalue weighted by Crippen LogP contribution is 2.31. The van der Waals surface area contributed by atoms with E-state index in [0.717, 1.165) is 5.69 Å². The minimum atomic E-state index is -4.11. The smallest absolute Gasteiger partial charge is 0.263 e. The lowest BCUT2D eigenvalue weighted by Gasteiger charge is -2.36. The predicted molar refractivity (Wildman–Crippen MR) is 135 cm³/mol. The molecule has 1 aliphatic heterocycles. The summed E-state index contributed by atoms with van der Waals surface area (Å²) in [6, 6.07) is 15.5. The first kappa shape index (κ1) is 24.5. The molecule has 178 valence electrons. The van der Waals surface area contributed by atoms with Crippen molar-refractivity contribution in [2.24, 2.45) is 0 Å². The van der Waals surface area contributed by atoms with Gasteiger partial charge in [-0.05, 0) is 54.6 Å². The van der Waals surface area contributed by atoms with Gasteiger partial charge in [0.2, 0.25) is 0 Å². The van der Waals surface area contributed by atoms with Crippen LogP contribution in [0.5, 0.6) is 5.75 Å². The van der Waals surface area contributed by atoms with Crippen LogP contribution in [0.2, 0.25) is 15.1 Å². The second-order valence-corrected chi connectivity index (χ2v) is 10.6. The third-order valence-electron chi connectivity index (χ3n) is 5.40. The lowest BCUT2D eigenvalue weighted by molar-refractivity contribution is 0.0746. The zero-order valence-electron chi connectivity index (χ0n) is 17.7. The first-order valence-electron chi connectivity index (χ1n) is 10.2. The Morgan fingerprint density at radius 1 is 0.882 bits per heavy atom. The molecule has 4 rings (SSSR count). The Morgan fingerprint density at radius 2 is 1.56 bits per heavy atom. The number of benzene rings is 3. The molecule has 0 radical (unpaired) electrons. The van der Waals surface area contributed by atoms with Crippen LogP contribution in [0.15, 0.2) is 65.6 Å². The van der Waals surface area contributed by atoms with E-state index < -0.39 is 10.0 Å². The van der Waals surface area contributed by atoms with Crippen LogP contribution in [0.1, 0.15) is 10.4 Å². The first-order valence-corrected chi connectivity index (χ1v) is 12.9. The Bertz CT molecular complexity index is 1330. The highest BCUT2D eigenvalue weighted by Gasteiger charge is 2.27. The summed E-state index contributed by atoms with van der Waals surface area (Å²) in [5, 5.41) is 9.80. The number of sulfonamides is 1. The second-order valence-electron chi connectivity index (χ2n) is 7.67. The summed E-state index contributed by atoms with van der Waals surface area (Å²) < 4.78 is 28.4. The van der Waals surface area contributed by atoms with Crippen molar-refractivity contribution in [2.45, 2.75) is 4.90 Å². The normalized spacial score (nSPS) is 14.2. The van der Waals surface area contributed by atoms with Gasteiger partial charge < -0.3 is 14.9 Å². The van der Waals surface area contributed by atoms with Gasteiger partial charge in [-0.2, -0.15) is 0 Å². The molecule has 7 nitrogen and oxygen atoms in total. The van der Waals surface area contributed by atoms with Crippen LogP contribution in [0.3, 0.4) is 0 Å². The molecule has 11 heteroatoms. The van der Waals surface area contributed by atoms with E-state index in [-0.39, 0.29) is 37.8 Å². The van der Waals surface area contributed by atoms with Gasteiger partial charge in [-0.3, -0.25) is 9.52 Å². The number of rotatable bonds is 5. The minimum absolute atomic E-state index is 0.0515. The molecular weight excluding hydrogens is 521 g/mol. The molecule has 0 aromatic heterocycles. The number of piperazine rings is 1. The topological polar surface area (TPSA) is 90.0 Å². The van der Waals surface area contributed by atoms with E-state index in [1.165, 1.54) is 18.2 Å². The number of carbonyl (C=O) groups is 1. The van der Waals surface area contributed by atoms with Crippen LogP contribution in [0.4, 0.5) is 11.4 Å². The van der Waals surface area contributed by atoms with E-state index >= 15 is 0 Å². The number of carbonyl (C=O) groups excluding carboxylic acids is 1. The highest BCUT2D eigenvalue weighted by atomic mass is 35.5. The third-order valence-corrected chi connectivity index (χ3v) is 7.79. The Hall–Kier alpha value is -2.65. The number of phenols is 1. The molecule has 0 atom stereocenters. The molecule has 1 amide bonds. The van der Waals surface area contributed by atoms with Crippen molar-refractivity contribution in [1.29, 1.82) is 0 Å². The SMILES string of the molecule is O=C(c1cc(S(=O)(=O)Nc2cccc(Cl)c2)c(Cl)cc1Cl)N1CCN(c2ccc(O)cc2)CC1. The number of amides is 1. The lowest BCUT2D eigenvalue weighted by atomic mass is 10.1. The molecule has 3 aromatic rings. The molecule has 0 unspecified atom stereocenters. The molecule has 1 heterocycles. The summed E-state index contributed by atoms with van der Waals surface area (Å²) in [7, 11) is -4.11. The molecule has 2 N–H and O–H groups in total. The second kappa shape index (κ2) is 9.92. The molecule has 0 bridgehead atoms. The Labute approximate surface area is 212 Å². The quantitative estimate of drug-likeness (QED) is 0.469. The molecule has 0 aliphatic carbocycles. The summed E-state index contributed by atoms with van der Waals surface area (Å²) >= 11 is 18.4. The van der Waals surface area contributed by atoms with Crippen LogP contribution < -0.4 is 9.62 Å². The Balaban J connectivity index is 1.53. The van der Waals surface area contributed by atoms with Gasteiger partial charge in [0.15, 0.2) is 0 Å². The van der Waals surface area contributed by atoms with Crippen LogP contribution in [0, 0.1) is 0 Å². The van der Waals surface area contributed by atoms with Crippen LogP contribution in [-0.4, -0.2) is 50.5 Å². The fourth-order valence-corrected chi connectivity index (χ4v) is 5.76. The van der Waals surface area contributed by atoms with E-state index in [9.17, 15) is 18.3 Å². The van der Waals surface area contributed by atoms with Crippen molar-refractivity contribution >= 4 is 62.1 Å². The van der Waals surface area contributed by atoms with Crippen LogP contribution in [0.25, 0.3) is 0 Å². The maximum absolute atomic E-state index is 13.2. The van der Waals surface area contributed by atoms with Gasteiger partial charge in [0.25, 0.3) is 15.9 Å². The average Bonchev–Trinajstić information content (AvgIpc) is 2.79. The zero-order chi connectivity index (χ0) is 24.5. The number of hydrogen-bond donors (Lipinski definition) is 2. The number of nitrogens with one attached hydrogen (secondary N) is 1. The average molecular weight is 541 g/mol. The number of hydrogen-bond acceptors (Lipinski definition) is 5. The van der Waals surface area contributed by atoms with E-state index in [1.807, 2.05) is 12.1 Å². The van der Waals surface area contributed by atoms with Crippen molar-refractivity contribution in [1.82, 2.24) is 4.90 Å². The van der Waals surface area contributed by atoms with Crippen molar-refractivity contribution < 1.29 is 18.3 Å². The fourth-order valence-electron chi connectivity index (χ4n) is 3.66. The maximum atomic E-state index is 13.2. The monoisotopic (exact) mass is 539 g/mol. The highest BCUT2D eigenvalue weighted by molar-refractivity contribution is 7.92. The number of aromatic hydroxyl groups is 1. The molecule has 0 saturated carbocycles. The van der Waals surface area contributed by atoms with Gasteiger partial charge in [-0.25, -0.2) is 8.42 Å². The van der Waals surface area contributed by atoms with Gasteiger partial charge in [-0.1, -0.05) is 40.9 Å². The molecule has 1 saturated heterocycles. The standard InChI is InChI=1S/C23H20Cl3N3O4S/c24-15-2-1-3-16(12-15)27-34(32,33)22-13-19(20(25)14-21(22)26)23(31)29-10-8-28(9-11-29)17-4-6-18(30)7-5-17/h1-7,12-14,27,30H,8-11H2.